The molecule has 1 amide bonds. The van der Waals surface area contributed by atoms with Gasteiger partial charge in [0.05, 0.1) is 55.5 Å². The summed E-state index contributed by atoms with van der Waals surface area (Å²) in [5.41, 5.74) is 1.57. The highest BCUT2D eigenvalue weighted by Crippen LogP contribution is 2.32. The van der Waals surface area contributed by atoms with Gasteiger partial charge in [0.2, 0.25) is 5.91 Å². The van der Waals surface area contributed by atoms with Gasteiger partial charge in [-0.2, -0.15) is 4.98 Å². The number of benzene rings is 2. The number of hydrogen-bond acceptors (Lipinski definition) is 7. The molecule has 0 unspecified atom stereocenters. The van der Waals surface area contributed by atoms with Crippen LogP contribution in [-0.2, 0) is 25.5 Å². The SMILES string of the molecule is COC(=O)[C@H]1CC[C@H](OC[C@@H]2C[C@H](F)CN2C(=O)Cc2cc(Cl)c(Nc3nc4ccccc4o3)cc2F)CC1. The third-order valence-electron chi connectivity index (χ3n) is 7.43. The van der Waals surface area contributed by atoms with Gasteiger partial charge < -0.3 is 24.1 Å². The molecule has 3 aromatic rings. The van der Waals surface area contributed by atoms with Crippen molar-refractivity contribution in [1.29, 1.82) is 0 Å². The van der Waals surface area contributed by atoms with Crippen LogP contribution in [0.5, 0.6) is 0 Å². The van der Waals surface area contributed by atoms with Gasteiger partial charge in [0.1, 0.15) is 17.5 Å². The largest absolute Gasteiger partial charge is 0.469 e. The molecule has 1 N–H and O–H groups in total. The monoisotopic (exact) mass is 561 g/mol. The molecular formula is C28H30ClF2N3O5. The number of halogens is 3. The summed E-state index contributed by atoms with van der Waals surface area (Å²) in [7, 11) is 1.38. The fourth-order valence-corrected chi connectivity index (χ4v) is 5.56. The lowest BCUT2D eigenvalue weighted by atomic mass is 9.87. The number of carbonyl (C=O) groups is 2. The van der Waals surface area contributed by atoms with E-state index < -0.39 is 23.9 Å². The molecule has 8 nitrogen and oxygen atoms in total. The zero-order valence-electron chi connectivity index (χ0n) is 21.5. The molecule has 0 radical (unpaired) electrons. The van der Waals surface area contributed by atoms with Crippen LogP contribution in [0.25, 0.3) is 11.1 Å². The number of alkyl halides is 1. The number of hydrogen-bond donors (Lipinski definition) is 1. The molecule has 0 spiro atoms. The minimum absolute atomic E-state index is 0.0564. The first-order chi connectivity index (χ1) is 18.8. The standard InChI is InChI=1S/C28H30ClF2N3O5/c1-37-27(36)16-6-8-20(9-7-16)38-15-19-12-18(30)14-34(19)26(35)11-17-10-21(29)24(13-22(17)31)33-28-32-23-4-2-3-5-25(23)39-28/h2-5,10,13,16,18-20H,6-9,11-12,14-15H2,1H3,(H,32,33)/t16-,18-,19-,20-/m0/s1. The Morgan fingerprint density at radius 2 is 1.97 bits per heavy atom. The second kappa shape index (κ2) is 11.9. The lowest BCUT2D eigenvalue weighted by Crippen LogP contribution is -2.40. The van der Waals surface area contributed by atoms with Crippen LogP contribution in [0.4, 0.5) is 20.5 Å². The highest BCUT2D eigenvalue weighted by molar-refractivity contribution is 6.33. The molecule has 39 heavy (non-hydrogen) atoms. The summed E-state index contributed by atoms with van der Waals surface area (Å²) in [6.07, 6.45) is 1.43. The van der Waals surface area contributed by atoms with E-state index in [0.717, 1.165) is 0 Å². The first-order valence-electron chi connectivity index (χ1n) is 13.0. The average Bonchev–Trinajstić information content (AvgIpc) is 3.52. The van der Waals surface area contributed by atoms with Gasteiger partial charge >= 0.3 is 5.97 Å². The number of rotatable bonds is 8. The summed E-state index contributed by atoms with van der Waals surface area (Å²) in [5.74, 6) is -1.35. The minimum atomic E-state index is -1.17. The van der Waals surface area contributed by atoms with Gasteiger partial charge in [0.15, 0.2) is 5.58 Å². The normalized spacial score (nSPS) is 23.2. The highest BCUT2D eigenvalue weighted by atomic mass is 35.5. The first-order valence-corrected chi connectivity index (χ1v) is 13.4. The Bertz CT molecular complexity index is 1310. The van der Waals surface area contributed by atoms with Gasteiger partial charge in [0.25, 0.3) is 6.01 Å². The van der Waals surface area contributed by atoms with Crippen molar-refractivity contribution in [3.8, 4) is 0 Å². The van der Waals surface area contributed by atoms with E-state index in [1.807, 2.05) is 12.1 Å². The first kappa shape index (κ1) is 27.3. The van der Waals surface area contributed by atoms with Crippen molar-refractivity contribution in [1.82, 2.24) is 9.88 Å². The predicted molar refractivity (Wildman–Crippen MR) is 141 cm³/mol. The van der Waals surface area contributed by atoms with E-state index in [9.17, 15) is 14.0 Å². The van der Waals surface area contributed by atoms with Crippen LogP contribution < -0.4 is 5.32 Å². The predicted octanol–water partition coefficient (Wildman–Crippen LogP) is 5.59. The number of esters is 1. The maximum absolute atomic E-state index is 15.0. The van der Waals surface area contributed by atoms with Crippen molar-refractivity contribution < 1.29 is 32.3 Å². The number of nitrogens with one attached hydrogen (secondary N) is 1. The summed E-state index contributed by atoms with van der Waals surface area (Å²) >= 11 is 6.39. The molecule has 1 aromatic heterocycles. The van der Waals surface area contributed by atoms with Crippen LogP contribution in [0.1, 0.15) is 37.7 Å². The fourth-order valence-electron chi connectivity index (χ4n) is 5.33. The van der Waals surface area contributed by atoms with Crippen molar-refractivity contribution in [2.24, 2.45) is 5.92 Å². The molecular weight excluding hydrogens is 532 g/mol. The van der Waals surface area contributed by atoms with E-state index in [2.05, 4.69) is 10.3 Å². The van der Waals surface area contributed by atoms with E-state index in [-0.39, 0.29) is 66.3 Å². The average molecular weight is 562 g/mol. The molecule has 11 heteroatoms. The van der Waals surface area contributed by atoms with Crippen LogP contribution >= 0.6 is 11.6 Å². The Morgan fingerprint density at radius 3 is 2.72 bits per heavy atom. The smallest absolute Gasteiger partial charge is 0.308 e. The van der Waals surface area contributed by atoms with Crippen molar-refractivity contribution >= 4 is 46.3 Å². The molecule has 1 saturated heterocycles. The van der Waals surface area contributed by atoms with E-state index in [0.29, 0.717) is 36.8 Å². The summed E-state index contributed by atoms with van der Waals surface area (Å²) in [4.78, 5) is 30.6. The zero-order valence-corrected chi connectivity index (χ0v) is 22.3. The molecule has 5 rings (SSSR count). The summed E-state index contributed by atoms with van der Waals surface area (Å²) in [6, 6.07) is 9.48. The van der Waals surface area contributed by atoms with E-state index in [4.69, 9.17) is 25.5 Å². The van der Waals surface area contributed by atoms with Crippen LogP contribution in [0.2, 0.25) is 5.02 Å². The molecule has 1 saturated carbocycles. The Kier molecular flexibility index (Phi) is 8.32. The number of amides is 1. The quantitative estimate of drug-likeness (QED) is 0.358. The van der Waals surface area contributed by atoms with Crippen LogP contribution in [0, 0.1) is 11.7 Å². The minimum Gasteiger partial charge on any atom is -0.469 e. The van der Waals surface area contributed by atoms with E-state index in [1.165, 1.54) is 24.1 Å². The Labute approximate surface area is 229 Å². The summed E-state index contributed by atoms with van der Waals surface area (Å²) in [5, 5.41) is 3.06. The molecule has 2 atom stereocenters. The molecule has 208 valence electrons. The maximum atomic E-state index is 15.0. The second-order valence-electron chi connectivity index (χ2n) is 10.1. The third-order valence-corrected chi connectivity index (χ3v) is 7.74. The number of nitrogens with zero attached hydrogens (tertiary/aromatic N) is 2. The van der Waals surface area contributed by atoms with Crippen LogP contribution in [0.3, 0.4) is 0 Å². The number of anilines is 2. The van der Waals surface area contributed by atoms with Gasteiger partial charge in [0, 0.05) is 6.42 Å². The number of ether oxygens (including phenoxy) is 2. The Morgan fingerprint density at radius 1 is 1.21 bits per heavy atom. The lowest BCUT2D eigenvalue weighted by molar-refractivity contribution is -0.148. The van der Waals surface area contributed by atoms with Gasteiger partial charge in [-0.15, -0.1) is 0 Å². The van der Waals surface area contributed by atoms with E-state index >= 15 is 4.39 Å². The number of carbonyl (C=O) groups excluding carboxylic acids is 2. The van der Waals surface area contributed by atoms with Crippen LogP contribution in [-0.4, -0.2) is 60.3 Å². The maximum Gasteiger partial charge on any atom is 0.308 e. The molecule has 2 fully saturated rings. The molecule has 2 aromatic carbocycles. The third kappa shape index (κ3) is 6.33. The Balaban J connectivity index is 1.19. The van der Waals surface area contributed by atoms with Gasteiger partial charge in [-0.3, -0.25) is 9.59 Å². The number of oxazole rings is 1. The summed E-state index contributed by atoms with van der Waals surface area (Å²) < 4.78 is 45.8. The zero-order chi connectivity index (χ0) is 27.5. The number of para-hydroxylation sites is 2. The van der Waals surface area contributed by atoms with Gasteiger partial charge in [-0.05, 0) is 55.5 Å². The fraction of sp³-hybridized carbons (Fsp3) is 0.464. The molecule has 0 bridgehead atoms. The summed E-state index contributed by atoms with van der Waals surface area (Å²) in [6.45, 7) is 0.130. The molecule has 1 aliphatic heterocycles. The lowest BCUT2D eigenvalue weighted by Gasteiger charge is -2.30. The van der Waals surface area contributed by atoms with Crippen molar-refractivity contribution in [2.75, 3.05) is 25.6 Å². The number of aromatic nitrogens is 1. The van der Waals surface area contributed by atoms with Crippen molar-refractivity contribution in [3.05, 3.63) is 52.8 Å². The molecule has 2 aliphatic rings. The second-order valence-corrected chi connectivity index (χ2v) is 10.5. The number of fused-ring (bicyclic) bond motifs is 1. The number of likely N-dealkylation sites (tertiary alicyclic amines) is 1. The topological polar surface area (TPSA) is 93.9 Å². The molecule has 1 aliphatic carbocycles. The van der Waals surface area contributed by atoms with Crippen molar-refractivity contribution in [2.45, 2.75) is 56.8 Å². The van der Waals surface area contributed by atoms with Crippen LogP contribution in [0.15, 0.2) is 40.8 Å². The van der Waals surface area contributed by atoms with E-state index in [1.54, 1.807) is 12.1 Å². The van der Waals surface area contributed by atoms with Gasteiger partial charge in [-0.25, -0.2) is 8.78 Å². The Hall–Kier alpha value is -3.24. The number of methoxy groups -OCH3 is 1. The molecule has 2 heterocycles. The highest BCUT2D eigenvalue weighted by Gasteiger charge is 2.37. The van der Waals surface area contributed by atoms with Gasteiger partial charge in [-0.1, -0.05) is 23.7 Å². The van der Waals surface area contributed by atoms with Crippen molar-refractivity contribution in [3.63, 3.8) is 0 Å².